The summed E-state index contributed by atoms with van der Waals surface area (Å²) in [4.78, 5) is 14.8. The molecule has 1 aliphatic heterocycles. The van der Waals surface area contributed by atoms with Crippen molar-refractivity contribution in [3.63, 3.8) is 0 Å². The minimum Gasteiger partial charge on any atom is -0.297 e. The summed E-state index contributed by atoms with van der Waals surface area (Å²) in [6, 6.07) is 8.01. The third-order valence-corrected chi connectivity index (χ3v) is 4.39. The Balaban J connectivity index is 2.04. The van der Waals surface area contributed by atoms with Crippen molar-refractivity contribution in [3.05, 3.63) is 34.3 Å². The summed E-state index contributed by atoms with van der Waals surface area (Å²) in [5.74, 6) is 0.312. The van der Waals surface area contributed by atoms with Gasteiger partial charge in [0.2, 0.25) is 0 Å². The minimum absolute atomic E-state index is 0.312. The van der Waals surface area contributed by atoms with E-state index in [9.17, 15) is 4.79 Å². The van der Waals surface area contributed by atoms with Crippen LogP contribution in [0.1, 0.15) is 32.3 Å². The van der Waals surface area contributed by atoms with E-state index in [-0.39, 0.29) is 5.54 Å². The van der Waals surface area contributed by atoms with Crippen molar-refractivity contribution < 1.29 is 4.79 Å². The van der Waals surface area contributed by atoms with Crippen LogP contribution >= 0.6 is 15.9 Å². The smallest absolute Gasteiger partial charge is 0.156 e. The molecule has 0 bridgehead atoms. The molecule has 2 rings (SSSR count). The van der Waals surface area contributed by atoms with Crippen molar-refractivity contribution in [1.82, 2.24) is 4.90 Å². The van der Waals surface area contributed by atoms with Crippen molar-refractivity contribution in [2.75, 3.05) is 13.1 Å². The van der Waals surface area contributed by atoms with Gasteiger partial charge in [0.25, 0.3) is 0 Å². The third kappa shape index (κ3) is 3.01. The summed E-state index contributed by atoms with van der Waals surface area (Å²) in [6.07, 6.45) is 2.96. The normalized spacial score (nSPS) is 17.1. The van der Waals surface area contributed by atoms with Gasteiger partial charge in [-0.1, -0.05) is 28.1 Å². The molecule has 1 fully saturated rings. The van der Waals surface area contributed by atoms with Gasteiger partial charge in [-0.3, -0.25) is 9.69 Å². The molecule has 0 radical (unpaired) electrons. The second-order valence-corrected chi connectivity index (χ2v) is 6.40. The van der Waals surface area contributed by atoms with Gasteiger partial charge in [-0.15, -0.1) is 0 Å². The van der Waals surface area contributed by atoms with Gasteiger partial charge in [0, 0.05) is 10.9 Å². The van der Waals surface area contributed by atoms with Crippen molar-refractivity contribution >= 4 is 21.7 Å². The molecule has 0 aromatic heterocycles. The lowest BCUT2D eigenvalue weighted by atomic mass is 9.92. The van der Waals surface area contributed by atoms with Gasteiger partial charge in [0.15, 0.2) is 5.78 Å². The molecule has 3 heteroatoms. The number of Topliss-reactive ketones (excluding diaryl/α,β-unsaturated/α-hetero) is 1. The van der Waals surface area contributed by atoms with Gasteiger partial charge in [0.1, 0.15) is 0 Å². The molecule has 0 N–H and O–H groups in total. The Hall–Kier alpha value is -0.670. The maximum absolute atomic E-state index is 12.5. The van der Waals surface area contributed by atoms with Crippen LogP contribution in [0.5, 0.6) is 0 Å². The standard InChI is InChI=1S/C15H20BrNO/c1-15(2,17-9-3-4-10-17)14(18)11-12-5-7-13(16)8-6-12/h5-8H,3-4,9-11H2,1-2H3. The highest BCUT2D eigenvalue weighted by atomic mass is 79.9. The quantitative estimate of drug-likeness (QED) is 0.849. The van der Waals surface area contributed by atoms with Gasteiger partial charge in [-0.2, -0.15) is 0 Å². The topological polar surface area (TPSA) is 20.3 Å². The Morgan fingerprint density at radius 3 is 2.33 bits per heavy atom. The summed E-state index contributed by atoms with van der Waals surface area (Å²) >= 11 is 3.41. The van der Waals surface area contributed by atoms with E-state index in [2.05, 4.69) is 34.7 Å². The SMILES string of the molecule is CC(C)(C(=O)Cc1ccc(Br)cc1)N1CCCC1. The first-order valence-electron chi connectivity index (χ1n) is 6.53. The van der Waals surface area contributed by atoms with Gasteiger partial charge in [-0.05, 0) is 57.5 Å². The van der Waals surface area contributed by atoms with E-state index in [1.807, 2.05) is 24.3 Å². The molecule has 0 atom stereocenters. The van der Waals surface area contributed by atoms with Crippen LogP contribution in [0.25, 0.3) is 0 Å². The predicted molar refractivity (Wildman–Crippen MR) is 77.7 cm³/mol. The number of hydrogen-bond donors (Lipinski definition) is 0. The summed E-state index contributed by atoms with van der Waals surface area (Å²) in [5, 5.41) is 0. The highest BCUT2D eigenvalue weighted by Gasteiger charge is 2.35. The monoisotopic (exact) mass is 309 g/mol. The molecule has 2 nitrogen and oxygen atoms in total. The third-order valence-electron chi connectivity index (χ3n) is 3.86. The number of ketones is 1. The van der Waals surface area contributed by atoms with Crippen LogP contribution < -0.4 is 0 Å². The number of likely N-dealkylation sites (tertiary alicyclic amines) is 1. The zero-order valence-electron chi connectivity index (χ0n) is 11.1. The molecule has 1 saturated heterocycles. The molecule has 1 aromatic rings. The van der Waals surface area contributed by atoms with E-state index in [1.165, 1.54) is 12.8 Å². The number of hydrogen-bond acceptors (Lipinski definition) is 2. The molecule has 1 aliphatic rings. The van der Waals surface area contributed by atoms with Crippen molar-refractivity contribution in [2.45, 2.75) is 38.6 Å². The highest BCUT2D eigenvalue weighted by molar-refractivity contribution is 9.10. The summed E-state index contributed by atoms with van der Waals surface area (Å²) in [7, 11) is 0. The number of carbonyl (C=O) groups excluding carboxylic acids is 1. The molecular formula is C15H20BrNO. The van der Waals surface area contributed by atoms with Crippen LogP contribution in [-0.2, 0) is 11.2 Å². The lowest BCUT2D eigenvalue weighted by Crippen LogP contribution is -2.49. The Morgan fingerprint density at radius 2 is 1.78 bits per heavy atom. The van der Waals surface area contributed by atoms with Crippen LogP contribution in [0.4, 0.5) is 0 Å². The first-order chi connectivity index (χ1) is 8.50. The summed E-state index contributed by atoms with van der Waals surface area (Å²) in [6.45, 7) is 6.22. The average Bonchev–Trinajstić information content (AvgIpc) is 2.86. The number of rotatable bonds is 4. The molecule has 1 aromatic carbocycles. The fraction of sp³-hybridized carbons (Fsp3) is 0.533. The van der Waals surface area contributed by atoms with Crippen molar-refractivity contribution in [3.8, 4) is 0 Å². The van der Waals surface area contributed by atoms with Crippen molar-refractivity contribution in [1.29, 1.82) is 0 Å². The van der Waals surface area contributed by atoms with Gasteiger partial charge in [-0.25, -0.2) is 0 Å². The number of benzene rings is 1. The Kier molecular flexibility index (Phi) is 4.23. The minimum atomic E-state index is -0.330. The highest BCUT2D eigenvalue weighted by Crippen LogP contribution is 2.23. The number of carbonyl (C=O) groups is 1. The van der Waals surface area contributed by atoms with Gasteiger partial charge in [0.05, 0.1) is 5.54 Å². The number of nitrogens with zero attached hydrogens (tertiary/aromatic N) is 1. The molecule has 1 heterocycles. The van der Waals surface area contributed by atoms with E-state index < -0.39 is 0 Å². The second kappa shape index (κ2) is 5.54. The average molecular weight is 310 g/mol. The molecule has 0 saturated carbocycles. The molecule has 0 unspecified atom stereocenters. The van der Waals surface area contributed by atoms with E-state index in [0.29, 0.717) is 12.2 Å². The first kappa shape index (κ1) is 13.8. The van der Waals surface area contributed by atoms with E-state index >= 15 is 0 Å². The molecule has 0 amide bonds. The fourth-order valence-electron chi connectivity index (χ4n) is 2.46. The fourth-order valence-corrected chi connectivity index (χ4v) is 2.72. The maximum atomic E-state index is 12.5. The lowest BCUT2D eigenvalue weighted by Gasteiger charge is -2.34. The number of halogens is 1. The van der Waals surface area contributed by atoms with E-state index in [4.69, 9.17) is 0 Å². The maximum Gasteiger partial charge on any atom is 0.156 e. The molecule has 98 valence electrons. The van der Waals surface area contributed by atoms with Gasteiger partial charge >= 0.3 is 0 Å². The van der Waals surface area contributed by atoms with Crippen LogP contribution in [0.15, 0.2) is 28.7 Å². The van der Waals surface area contributed by atoms with Crippen LogP contribution in [-0.4, -0.2) is 29.3 Å². The van der Waals surface area contributed by atoms with Crippen molar-refractivity contribution in [2.24, 2.45) is 0 Å². The Labute approximate surface area is 117 Å². The predicted octanol–water partition coefficient (Wildman–Crippen LogP) is 3.44. The summed E-state index contributed by atoms with van der Waals surface area (Å²) in [5.41, 5.74) is 0.763. The Morgan fingerprint density at radius 1 is 1.22 bits per heavy atom. The molecular weight excluding hydrogens is 290 g/mol. The largest absolute Gasteiger partial charge is 0.297 e. The molecule has 0 spiro atoms. The van der Waals surface area contributed by atoms with E-state index in [1.54, 1.807) is 0 Å². The van der Waals surface area contributed by atoms with Crippen LogP contribution in [0, 0.1) is 0 Å². The van der Waals surface area contributed by atoms with E-state index in [0.717, 1.165) is 23.1 Å². The zero-order valence-corrected chi connectivity index (χ0v) is 12.7. The van der Waals surface area contributed by atoms with Gasteiger partial charge < -0.3 is 0 Å². The van der Waals surface area contributed by atoms with Crippen LogP contribution in [0.3, 0.4) is 0 Å². The molecule has 0 aliphatic carbocycles. The lowest BCUT2D eigenvalue weighted by molar-refractivity contribution is -0.128. The zero-order chi connectivity index (χ0) is 13.2. The first-order valence-corrected chi connectivity index (χ1v) is 7.32. The Bertz CT molecular complexity index is 419. The molecule has 18 heavy (non-hydrogen) atoms. The summed E-state index contributed by atoms with van der Waals surface area (Å²) < 4.78 is 1.05. The van der Waals surface area contributed by atoms with Crippen LogP contribution in [0.2, 0.25) is 0 Å². The second-order valence-electron chi connectivity index (χ2n) is 5.48.